The second-order valence-corrected chi connectivity index (χ2v) is 4.94. The molecule has 1 aromatic rings. The molecule has 0 saturated heterocycles. The van der Waals surface area contributed by atoms with E-state index in [0.717, 1.165) is 25.1 Å². The molecule has 2 N–H and O–H groups in total. The molecule has 0 amide bonds. The number of benzene rings is 1. The topological polar surface area (TPSA) is 29.3 Å². The fraction of sp³-hybridized carbons (Fsp3) is 0.500. The molecule has 1 aromatic carbocycles. The highest BCUT2D eigenvalue weighted by molar-refractivity contribution is 6.42. The maximum Gasteiger partial charge on any atom is 0.0640 e. The summed E-state index contributed by atoms with van der Waals surface area (Å²) in [5.41, 5.74) is 8.23. The van der Waals surface area contributed by atoms with Gasteiger partial charge in [0.2, 0.25) is 0 Å². The molecule has 2 rings (SSSR count). The van der Waals surface area contributed by atoms with E-state index in [4.69, 9.17) is 28.9 Å². The molecule has 1 atom stereocenters. The Hall–Kier alpha value is -0.280. The maximum absolute atomic E-state index is 6.23. The third-order valence-electron chi connectivity index (χ3n) is 3.13. The van der Waals surface area contributed by atoms with E-state index in [1.54, 1.807) is 0 Å². The van der Waals surface area contributed by atoms with Crippen LogP contribution in [-0.2, 0) is 6.54 Å². The molecule has 0 spiro atoms. The number of hydrogen-bond acceptors (Lipinski definition) is 2. The molecule has 4 heteroatoms. The van der Waals surface area contributed by atoms with Gasteiger partial charge in [-0.3, -0.25) is 4.90 Å². The van der Waals surface area contributed by atoms with Gasteiger partial charge in [-0.1, -0.05) is 36.2 Å². The van der Waals surface area contributed by atoms with Crippen molar-refractivity contribution in [2.75, 3.05) is 13.1 Å². The van der Waals surface area contributed by atoms with Crippen molar-refractivity contribution in [3.8, 4) is 0 Å². The van der Waals surface area contributed by atoms with E-state index in [0.29, 0.717) is 22.6 Å². The lowest BCUT2D eigenvalue weighted by Crippen LogP contribution is -2.28. The minimum atomic E-state index is 0.296. The van der Waals surface area contributed by atoms with Gasteiger partial charge in [-0.2, -0.15) is 0 Å². The Morgan fingerprint density at radius 3 is 2.81 bits per heavy atom. The summed E-state index contributed by atoms with van der Waals surface area (Å²) in [6.07, 6.45) is 1.12. The Kier molecular flexibility index (Phi) is 3.75. The zero-order valence-electron chi connectivity index (χ0n) is 9.34. The first-order chi connectivity index (χ1) is 7.69. The smallest absolute Gasteiger partial charge is 0.0640 e. The number of rotatable bonds is 3. The minimum absolute atomic E-state index is 0.296. The molecule has 1 aliphatic rings. The molecule has 0 bridgehead atoms. The van der Waals surface area contributed by atoms with E-state index in [1.165, 1.54) is 5.56 Å². The minimum Gasteiger partial charge on any atom is -0.329 e. The zero-order valence-corrected chi connectivity index (χ0v) is 10.9. The van der Waals surface area contributed by atoms with Gasteiger partial charge in [0.05, 0.1) is 10.0 Å². The van der Waals surface area contributed by atoms with Gasteiger partial charge < -0.3 is 5.73 Å². The van der Waals surface area contributed by atoms with Crippen molar-refractivity contribution in [2.45, 2.75) is 25.9 Å². The van der Waals surface area contributed by atoms with Crippen LogP contribution in [0.25, 0.3) is 0 Å². The molecule has 16 heavy (non-hydrogen) atoms. The highest BCUT2D eigenvalue weighted by Crippen LogP contribution is 2.39. The molecule has 1 heterocycles. The first-order valence-corrected chi connectivity index (χ1v) is 6.35. The molecule has 0 fully saturated rings. The Morgan fingerprint density at radius 2 is 2.19 bits per heavy atom. The van der Waals surface area contributed by atoms with Crippen LogP contribution >= 0.6 is 23.2 Å². The predicted molar refractivity (Wildman–Crippen MR) is 69.0 cm³/mol. The van der Waals surface area contributed by atoms with Gasteiger partial charge in [0.1, 0.15) is 0 Å². The second-order valence-electron chi connectivity index (χ2n) is 4.15. The van der Waals surface area contributed by atoms with Crippen molar-refractivity contribution in [3.63, 3.8) is 0 Å². The van der Waals surface area contributed by atoms with Crippen LogP contribution in [0.3, 0.4) is 0 Å². The lowest BCUT2D eigenvalue weighted by Gasteiger charge is -2.22. The lowest BCUT2D eigenvalue weighted by molar-refractivity contribution is 0.220. The first kappa shape index (κ1) is 12.2. The third kappa shape index (κ3) is 1.95. The standard InChI is InChI=1S/C12H16Cl2N2/c1-2-5-16-7-9-8(11(16)6-15)3-4-10(13)12(9)14/h3-4,11H,2,5-7,15H2,1H3. The van der Waals surface area contributed by atoms with Crippen molar-refractivity contribution in [3.05, 3.63) is 33.3 Å². The summed E-state index contributed by atoms with van der Waals surface area (Å²) in [4.78, 5) is 2.37. The van der Waals surface area contributed by atoms with Crippen LogP contribution in [0, 0.1) is 0 Å². The SMILES string of the molecule is CCCN1Cc2c(ccc(Cl)c2Cl)C1CN. The van der Waals surface area contributed by atoms with Gasteiger partial charge >= 0.3 is 0 Å². The highest BCUT2D eigenvalue weighted by Gasteiger charge is 2.30. The summed E-state index contributed by atoms with van der Waals surface area (Å²) in [7, 11) is 0. The molecule has 0 radical (unpaired) electrons. The number of hydrogen-bond donors (Lipinski definition) is 1. The number of halogens is 2. The molecular weight excluding hydrogens is 243 g/mol. The van der Waals surface area contributed by atoms with E-state index in [9.17, 15) is 0 Å². The zero-order chi connectivity index (χ0) is 11.7. The summed E-state index contributed by atoms with van der Waals surface area (Å²) in [5, 5.41) is 1.32. The molecular formula is C12H16Cl2N2. The number of nitrogens with zero attached hydrogens (tertiary/aromatic N) is 1. The quantitative estimate of drug-likeness (QED) is 0.903. The fourth-order valence-corrected chi connectivity index (χ4v) is 2.80. The van der Waals surface area contributed by atoms with Crippen LogP contribution in [0.4, 0.5) is 0 Å². The Labute approximate surface area is 106 Å². The molecule has 0 saturated carbocycles. The summed E-state index contributed by atoms with van der Waals surface area (Å²) < 4.78 is 0. The lowest BCUT2D eigenvalue weighted by atomic mass is 10.1. The monoisotopic (exact) mass is 258 g/mol. The van der Waals surface area contributed by atoms with Gasteiger partial charge in [-0.05, 0) is 30.2 Å². The highest BCUT2D eigenvalue weighted by atomic mass is 35.5. The van der Waals surface area contributed by atoms with E-state index >= 15 is 0 Å². The normalized spacial score (nSPS) is 20.1. The Morgan fingerprint density at radius 1 is 1.44 bits per heavy atom. The van der Waals surface area contributed by atoms with Gasteiger partial charge in [0.15, 0.2) is 0 Å². The Bertz CT molecular complexity index is 393. The van der Waals surface area contributed by atoms with Gasteiger partial charge in [0.25, 0.3) is 0 Å². The summed E-state index contributed by atoms with van der Waals surface area (Å²) in [6.45, 7) is 4.71. The van der Waals surface area contributed by atoms with Gasteiger partial charge in [-0.25, -0.2) is 0 Å². The summed E-state index contributed by atoms with van der Waals surface area (Å²) in [6, 6.07) is 4.21. The van der Waals surface area contributed by atoms with Crippen LogP contribution in [-0.4, -0.2) is 18.0 Å². The predicted octanol–water partition coefficient (Wildman–Crippen LogP) is 3.22. The Balaban J connectivity index is 2.38. The first-order valence-electron chi connectivity index (χ1n) is 5.60. The van der Waals surface area contributed by atoms with Crippen molar-refractivity contribution in [2.24, 2.45) is 5.73 Å². The molecule has 1 aliphatic heterocycles. The fourth-order valence-electron chi connectivity index (χ4n) is 2.39. The third-order valence-corrected chi connectivity index (χ3v) is 3.97. The molecule has 1 unspecified atom stereocenters. The van der Waals surface area contributed by atoms with E-state index in [-0.39, 0.29) is 0 Å². The second kappa shape index (κ2) is 4.92. The summed E-state index contributed by atoms with van der Waals surface area (Å²) >= 11 is 12.3. The van der Waals surface area contributed by atoms with Gasteiger partial charge in [-0.15, -0.1) is 0 Å². The van der Waals surface area contributed by atoms with E-state index in [1.807, 2.05) is 6.07 Å². The van der Waals surface area contributed by atoms with Crippen LogP contribution in [0.1, 0.15) is 30.5 Å². The van der Waals surface area contributed by atoms with Crippen LogP contribution in [0.5, 0.6) is 0 Å². The maximum atomic E-state index is 6.23. The van der Waals surface area contributed by atoms with E-state index in [2.05, 4.69) is 17.9 Å². The largest absolute Gasteiger partial charge is 0.329 e. The van der Waals surface area contributed by atoms with Crippen molar-refractivity contribution >= 4 is 23.2 Å². The average Bonchev–Trinajstić information content (AvgIpc) is 2.62. The number of fused-ring (bicyclic) bond motifs is 1. The van der Waals surface area contributed by atoms with Crippen molar-refractivity contribution in [1.82, 2.24) is 4.90 Å². The van der Waals surface area contributed by atoms with Crippen LogP contribution < -0.4 is 5.73 Å². The molecule has 0 aliphatic carbocycles. The van der Waals surface area contributed by atoms with Crippen molar-refractivity contribution in [1.29, 1.82) is 0 Å². The molecule has 2 nitrogen and oxygen atoms in total. The van der Waals surface area contributed by atoms with Crippen LogP contribution in [0.2, 0.25) is 10.0 Å². The summed E-state index contributed by atoms with van der Waals surface area (Å²) in [5.74, 6) is 0. The van der Waals surface area contributed by atoms with Gasteiger partial charge in [0, 0.05) is 19.1 Å². The molecule has 0 aromatic heterocycles. The van der Waals surface area contributed by atoms with E-state index < -0.39 is 0 Å². The number of nitrogens with two attached hydrogens (primary N) is 1. The average molecular weight is 259 g/mol. The molecule has 88 valence electrons. The van der Waals surface area contributed by atoms with Crippen molar-refractivity contribution < 1.29 is 0 Å². The van der Waals surface area contributed by atoms with Crippen LogP contribution in [0.15, 0.2) is 12.1 Å².